The molecule has 16 heavy (non-hydrogen) atoms. The van der Waals surface area contributed by atoms with Gasteiger partial charge >= 0.3 is 0 Å². The lowest BCUT2D eigenvalue weighted by Crippen LogP contribution is -2.21. The van der Waals surface area contributed by atoms with Crippen LogP contribution in [-0.2, 0) is 0 Å². The summed E-state index contributed by atoms with van der Waals surface area (Å²) in [4.78, 5) is 4.47. The zero-order valence-corrected chi connectivity index (χ0v) is 12.5. The topological polar surface area (TPSA) is 12.4 Å². The van der Waals surface area contributed by atoms with Crippen LogP contribution in [0, 0.1) is 0 Å². The summed E-state index contributed by atoms with van der Waals surface area (Å²) >= 11 is 0. The van der Waals surface area contributed by atoms with E-state index in [4.69, 9.17) is 0 Å². The summed E-state index contributed by atoms with van der Waals surface area (Å²) in [6.45, 7) is 11.9. The number of aliphatic imine (C=N–C) groups is 1. The van der Waals surface area contributed by atoms with Crippen molar-refractivity contribution in [1.82, 2.24) is 0 Å². The molecule has 0 heterocycles. The summed E-state index contributed by atoms with van der Waals surface area (Å²) in [6.07, 6.45) is 9.95. The van der Waals surface area contributed by atoms with E-state index in [1.54, 1.807) is 0 Å². The van der Waals surface area contributed by atoms with E-state index in [0.717, 1.165) is 13.0 Å². The summed E-state index contributed by atoms with van der Waals surface area (Å²) in [5.74, 6) is 0. The predicted octanol–water partition coefficient (Wildman–Crippen LogP) is 4.85. The Hall–Kier alpha value is -0.373. The van der Waals surface area contributed by atoms with Gasteiger partial charge in [-0.2, -0.15) is 0 Å². The van der Waals surface area contributed by atoms with Gasteiger partial charge in [0, 0.05) is 6.54 Å². The highest BCUT2D eigenvalue weighted by Crippen LogP contribution is 2.11. The monoisotopic (exact) mass is 239 g/mol. The number of unbranched alkanes of at least 4 members (excludes halogenated alkanes) is 4. The maximum atomic E-state index is 4.47. The van der Waals surface area contributed by atoms with Crippen LogP contribution in [-0.4, -0.2) is 20.8 Å². The van der Waals surface area contributed by atoms with Gasteiger partial charge in [0.05, 0.1) is 8.07 Å². The van der Waals surface area contributed by atoms with Gasteiger partial charge in [-0.25, -0.2) is 0 Å². The molecule has 0 aromatic rings. The Labute approximate surface area is 103 Å². The summed E-state index contributed by atoms with van der Waals surface area (Å²) < 4.78 is 0. The van der Waals surface area contributed by atoms with Crippen LogP contribution in [0.4, 0.5) is 0 Å². The third-order valence-electron chi connectivity index (χ3n) is 2.99. The number of hydrogen-bond acceptors (Lipinski definition) is 1. The first kappa shape index (κ1) is 15.6. The van der Waals surface area contributed by atoms with Crippen LogP contribution in [0.2, 0.25) is 19.1 Å². The third-order valence-corrected chi connectivity index (χ3v) is 5.67. The fourth-order valence-corrected chi connectivity index (χ4v) is 2.61. The normalized spacial score (nSPS) is 12.2. The lowest BCUT2D eigenvalue weighted by atomic mass is 10.2. The number of hydrogen-bond donors (Lipinski definition) is 0. The van der Waals surface area contributed by atoms with E-state index in [9.17, 15) is 0 Å². The molecule has 0 aromatic heterocycles. The van der Waals surface area contributed by atoms with Crippen molar-refractivity contribution in [2.45, 2.75) is 64.6 Å². The molecule has 0 aromatic carbocycles. The molecule has 1 nitrogen and oxygen atoms in total. The summed E-state index contributed by atoms with van der Waals surface area (Å²) in [6, 6.07) is 1.29. The fraction of sp³-hybridized carbons (Fsp3) is 0.786. The van der Waals surface area contributed by atoms with Gasteiger partial charge in [0.15, 0.2) is 0 Å². The molecular formula is C14H29NSi. The molecular weight excluding hydrogens is 210 g/mol. The van der Waals surface area contributed by atoms with E-state index in [1.807, 2.05) is 0 Å². The van der Waals surface area contributed by atoms with Gasteiger partial charge in [0.2, 0.25) is 0 Å². The van der Waals surface area contributed by atoms with Gasteiger partial charge in [-0.15, -0.1) is 12.3 Å². The van der Waals surface area contributed by atoms with Crippen LogP contribution in [0.5, 0.6) is 0 Å². The summed E-state index contributed by atoms with van der Waals surface area (Å²) in [5.41, 5.74) is 2.17. The van der Waals surface area contributed by atoms with E-state index >= 15 is 0 Å². The SMILES string of the molecule is C=C[Si](C)(C)CCC=NCCCCCCC. The molecule has 0 rings (SSSR count). The van der Waals surface area contributed by atoms with Crippen LogP contribution >= 0.6 is 0 Å². The Morgan fingerprint density at radius 1 is 1.12 bits per heavy atom. The highest BCUT2D eigenvalue weighted by molar-refractivity contribution is 6.82. The molecule has 0 saturated heterocycles. The first-order valence-electron chi connectivity index (χ1n) is 6.74. The van der Waals surface area contributed by atoms with Crippen molar-refractivity contribution in [3.05, 3.63) is 12.3 Å². The van der Waals surface area contributed by atoms with Gasteiger partial charge in [-0.3, -0.25) is 4.99 Å². The first-order chi connectivity index (χ1) is 7.62. The standard InChI is InChI=1S/C14H29NSi/c1-5-7-8-9-10-12-15-13-11-14-16(3,4)6-2/h6,13H,2,5,7-12,14H2,1,3-4H3. The molecule has 2 heteroatoms. The van der Waals surface area contributed by atoms with E-state index in [-0.39, 0.29) is 0 Å². The quantitative estimate of drug-likeness (QED) is 0.293. The van der Waals surface area contributed by atoms with Gasteiger partial charge in [-0.1, -0.05) is 45.7 Å². The molecule has 0 radical (unpaired) electrons. The largest absolute Gasteiger partial charge is 0.298 e. The van der Waals surface area contributed by atoms with Crippen LogP contribution in [0.1, 0.15) is 45.4 Å². The van der Waals surface area contributed by atoms with Crippen molar-refractivity contribution in [2.24, 2.45) is 4.99 Å². The molecule has 0 aliphatic carbocycles. The van der Waals surface area contributed by atoms with E-state index in [0.29, 0.717) is 0 Å². The second kappa shape index (κ2) is 9.82. The minimum absolute atomic E-state index is 1.03. The lowest BCUT2D eigenvalue weighted by molar-refractivity contribution is 0.639. The molecule has 0 unspecified atom stereocenters. The van der Waals surface area contributed by atoms with Crippen molar-refractivity contribution in [3.63, 3.8) is 0 Å². The van der Waals surface area contributed by atoms with Crippen LogP contribution < -0.4 is 0 Å². The second-order valence-electron chi connectivity index (χ2n) is 5.23. The molecule has 94 valence electrons. The summed E-state index contributed by atoms with van der Waals surface area (Å²) in [7, 11) is -1.09. The highest BCUT2D eigenvalue weighted by atomic mass is 28.3. The van der Waals surface area contributed by atoms with Crippen molar-refractivity contribution in [1.29, 1.82) is 0 Å². The van der Waals surface area contributed by atoms with Crippen LogP contribution in [0.15, 0.2) is 17.3 Å². The third kappa shape index (κ3) is 10.2. The minimum atomic E-state index is -1.09. The Bertz CT molecular complexity index is 197. The first-order valence-corrected chi connectivity index (χ1v) is 10.0. The highest BCUT2D eigenvalue weighted by Gasteiger charge is 2.13. The zero-order chi connectivity index (χ0) is 12.3. The van der Waals surface area contributed by atoms with E-state index in [1.165, 1.54) is 38.1 Å². The van der Waals surface area contributed by atoms with Gasteiger partial charge in [0.25, 0.3) is 0 Å². The average molecular weight is 239 g/mol. The fourth-order valence-electron chi connectivity index (χ4n) is 1.53. The molecule has 0 aliphatic rings. The van der Waals surface area contributed by atoms with Crippen molar-refractivity contribution >= 4 is 14.3 Å². The molecule has 0 amide bonds. The van der Waals surface area contributed by atoms with Gasteiger partial charge in [-0.05, 0) is 25.1 Å². The minimum Gasteiger partial charge on any atom is -0.298 e. The second-order valence-corrected chi connectivity index (χ2v) is 10.1. The molecule has 0 aliphatic heterocycles. The van der Waals surface area contributed by atoms with Gasteiger partial charge in [0.1, 0.15) is 0 Å². The molecule has 0 spiro atoms. The molecule has 0 fully saturated rings. The Morgan fingerprint density at radius 2 is 1.81 bits per heavy atom. The van der Waals surface area contributed by atoms with Gasteiger partial charge < -0.3 is 0 Å². The van der Waals surface area contributed by atoms with Crippen molar-refractivity contribution in [2.75, 3.05) is 6.54 Å². The molecule has 0 N–H and O–H groups in total. The Balaban J connectivity index is 3.32. The Morgan fingerprint density at radius 3 is 2.44 bits per heavy atom. The maximum Gasteiger partial charge on any atom is 0.0713 e. The van der Waals surface area contributed by atoms with E-state index in [2.05, 4.69) is 43.5 Å². The smallest absolute Gasteiger partial charge is 0.0713 e. The summed E-state index contributed by atoms with van der Waals surface area (Å²) in [5, 5.41) is 0. The Kier molecular flexibility index (Phi) is 9.60. The predicted molar refractivity (Wildman–Crippen MR) is 79.2 cm³/mol. The van der Waals surface area contributed by atoms with Crippen LogP contribution in [0.25, 0.3) is 0 Å². The maximum absolute atomic E-state index is 4.47. The lowest BCUT2D eigenvalue weighted by Gasteiger charge is -2.14. The average Bonchev–Trinajstić information content (AvgIpc) is 2.27. The van der Waals surface area contributed by atoms with Crippen molar-refractivity contribution < 1.29 is 0 Å². The zero-order valence-electron chi connectivity index (χ0n) is 11.5. The van der Waals surface area contributed by atoms with Crippen molar-refractivity contribution in [3.8, 4) is 0 Å². The van der Waals surface area contributed by atoms with E-state index < -0.39 is 8.07 Å². The molecule has 0 bridgehead atoms. The number of rotatable bonds is 10. The molecule has 0 saturated carbocycles. The number of nitrogens with zero attached hydrogens (tertiary/aromatic N) is 1. The van der Waals surface area contributed by atoms with Crippen LogP contribution in [0.3, 0.4) is 0 Å². The molecule has 0 atom stereocenters.